The van der Waals surface area contributed by atoms with Gasteiger partial charge >= 0.3 is 0 Å². The molecule has 0 aliphatic carbocycles. The number of aromatic nitrogens is 3. The van der Waals surface area contributed by atoms with E-state index in [1.165, 1.54) is 21.8 Å². The Morgan fingerprint density at radius 2 is 1.56 bits per heavy atom. The molecule has 206 valence electrons. The molecule has 6 nitrogen and oxygen atoms in total. The second kappa shape index (κ2) is 9.71. The maximum Gasteiger partial charge on any atom is 0.231 e. The largest absolute Gasteiger partial charge is 0.438 e. The van der Waals surface area contributed by atoms with Crippen molar-refractivity contribution in [1.29, 1.82) is 5.26 Å². The Morgan fingerprint density at radius 1 is 0.791 bits per heavy atom. The molecule has 0 atom stereocenters. The molecule has 2 N–H and O–H groups in total. The van der Waals surface area contributed by atoms with Crippen LogP contribution in [-0.4, -0.2) is 14.5 Å². The number of nitrogens with zero attached hydrogens (tertiary/aromatic N) is 4. The molecule has 0 saturated heterocycles. The van der Waals surface area contributed by atoms with Crippen molar-refractivity contribution in [2.45, 2.75) is 26.3 Å². The Hall–Kier alpha value is -5.67. The van der Waals surface area contributed by atoms with Crippen molar-refractivity contribution in [2.75, 3.05) is 5.73 Å². The van der Waals surface area contributed by atoms with E-state index in [9.17, 15) is 5.26 Å². The van der Waals surface area contributed by atoms with Crippen LogP contribution < -0.4 is 10.5 Å². The summed E-state index contributed by atoms with van der Waals surface area (Å²) in [6.07, 6.45) is 2.29. The van der Waals surface area contributed by atoms with Crippen LogP contribution in [-0.2, 0) is 6.54 Å². The molecule has 1 aliphatic heterocycles. The van der Waals surface area contributed by atoms with Gasteiger partial charge in [-0.2, -0.15) is 10.2 Å². The van der Waals surface area contributed by atoms with Gasteiger partial charge in [0.25, 0.3) is 0 Å². The number of ether oxygens (including phenoxy) is 1. The first-order valence-electron chi connectivity index (χ1n) is 14.6. The predicted molar refractivity (Wildman–Crippen MR) is 173 cm³/mol. The summed E-state index contributed by atoms with van der Waals surface area (Å²) in [5.41, 5.74) is 15.3. The fraction of sp³-hybridized carbons (Fsp3) is 0.108. The van der Waals surface area contributed by atoms with Gasteiger partial charge in [0, 0.05) is 45.0 Å². The highest BCUT2D eigenvalue weighted by molar-refractivity contribution is 6.10. The Bertz CT molecular complexity index is 2280. The predicted octanol–water partition coefficient (Wildman–Crippen LogP) is 9.10. The van der Waals surface area contributed by atoms with E-state index in [1.54, 1.807) is 0 Å². The third-order valence-corrected chi connectivity index (χ3v) is 8.45. The summed E-state index contributed by atoms with van der Waals surface area (Å²) in [6, 6.07) is 35.9. The summed E-state index contributed by atoms with van der Waals surface area (Å²) >= 11 is 0. The van der Waals surface area contributed by atoms with E-state index in [0.29, 0.717) is 22.5 Å². The van der Waals surface area contributed by atoms with Crippen molar-refractivity contribution in [1.82, 2.24) is 14.5 Å². The fourth-order valence-corrected chi connectivity index (χ4v) is 6.34. The molecule has 4 heterocycles. The summed E-state index contributed by atoms with van der Waals surface area (Å²) < 4.78 is 8.84. The first-order chi connectivity index (χ1) is 21.1. The van der Waals surface area contributed by atoms with E-state index >= 15 is 0 Å². The van der Waals surface area contributed by atoms with Gasteiger partial charge < -0.3 is 15.0 Å². The molecule has 0 amide bonds. The monoisotopic (exact) mass is 557 g/mol. The van der Waals surface area contributed by atoms with E-state index in [-0.39, 0.29) is 11.4 Å². The summed E-state index contributed by atoms with van der Waals surface area (Å²) in [6.45, 7) is 3.23. The number of nitriles is 1. The average Bonchev–Trinajstić information content (AvgIpc) is 3.36. The fourth-order valence-electron chi connectivity index (χ4n) is 6.34. The molecule has 0 saturated carbocycles. The number of hydrogen-bond acceptors (Lipinski definition) is 5. The summed E-state index contributed by atoms with van der Waals surface area (Å²) in [5.74, 6) is 1.17. The molecule has 6 heteroatoms. The lowest BCUT2D eigenvalue weighted by Gasteiger charge is -2.22. The average molecular weight is 558 g/mol. The van der Waals surface area contributed by atoms with Crippen molar-refractivity contribution in [3.05, 3.63) is 103 Å². The van der Waals surface area contributed by atoms with Crippen molar-refractivity contribution >= 4 is 38.5 Å². The standard InChI is InChI=1S/C37H27N5O/c1-2-3-17-42-31-12-8-7-11-25(31)27-18-23(14-16-32(27)42)24-13-15-26-28-20-30(22-9-5-4-6-10-22)40-35-29(21-38)36(39)41-37(34(28)35)43-33(26)19-24/h4-16,18-20H,2-3,17H2,1H3,(H2,39,41). The maximum absolute atomic E-state index is 9.94. The van der Waals surface area contributed by atoms with Gasteiger partial charge in [0.1, 0.15) is 23.2 Å². The highest BCUT2D eigenvalue weighted by Crippen LogP contribution is 2.49. The quantitative estimate of drug-likeness (QED) is 0.228. The SMILES string of the molecule is CCCCn1c2ccccc2c2cc(-c3ccc4c(c3)Oc3nc(N)c(C#N)c5nc(-c6ccccc6)cc-4c35)ccc21. The van der Waals surface area contributed by atoms with Gasteiger partial charge in [0.05, 0.1) is 16.6 Å². The van der Waals surface area contributed by atoms with Gasteiger partial charge in [0.2, 0.25) is 5.88 Å². The van der Waals surface area contributed by atoms with Crippen LogP contribution in [0.2, 0.25) is 0 Å². The number of nitrogens with two attached hydrogens (primary N) is 1. The highest BCUT2D eigenvalue weighted by atomic mass is 16.5. The number of rotatable bonds is 5. The number of fused-ring (bicyclic) bond motifs is 5. The highest BCUT2D eigenvalue weighted by Gasteiger charge is 2.27. The number of pyridine rings is 2. The Morgan fingerprint density at radius 3 is 2.40 bits per heavy atom. The molecular weight excluding hydrogens is 530 g/mol. The minimum absolute atomic E-state index is 0.109. The number of unbranched alkanes of at least 4 members (excludes halogenated alkanes) is 1. The van der Waals surface area contributed by atoms with Gasteiger partial charge in [-0.05, 0) is 53.9 Å². The van der Waals surface area contributed by atoms with E-state index in [2.05, 4.69) is 89.3 Å². The number of aryl methyl sites for hydroxylation is 1. The van der Waals surface area contributed by atoms with Crippen molar-refractivity contribution in [3.8, 4) is 51.2 Å². The lowest BCUT2D eigenvalue weighted by molar-refractivity contribution is 0.468. The molecule has 0 spiro atoms. The smallest absolute Gasteiger partial charge is 0.231 e. The third-order valence-electron chi connectivity index (χ3n) is 8.45. The zero-order valence-corrected chi connectivity index (χ0v) is 23.6. The van der Waals surface area contributed by atoms with Crippen molar-refractivity contribution in [3.63, 3.8) is 0 Å². The topological polar surface area (TPSA) is 89.8 Å². The van der Waals surface area contributed by atoms with Crippen LogP contribution >= 0.6 is 0 Å². The van der Waals surface area contributed by atoms with Crippen molar-refractivity contribution in [2.24, 2.45) is 0 Å². The maximum atomic E-state index is 9.94. The zero-order chi connectivity index (χ0) is 29.1. The summed E-state index contributed by atoms with van der Waals surface area (Å²) in [4.78, 5) is 9.37. The first kappa shape index (κ1) is 25.1. The Kier molecular flexibility index (Phi) is 5.66. The lowest BCUT2D eigenvalue weighted by Crippen LogP contribution is -2.06. The molecule has 8 rings (SSSR count). The summed E-state index contributed by atoms with van der Waals surface area (Å²) in [5, 5.41) is 13.2. The van der Waals surface area contributed by atoms with Gasteiger partial charge in [-0.25, -0.2) is 4.98 Å². The lowest BCUT2D eigenvalue weighted by atomic mass is 9.93. The van der Waals surface area contributed by atoms with Crippen LogP contribution in [0.4, 0.5) is 5.82 Å². The third kappa shape index (κ3) is 3.86. The summed E-state index contributed by atoms with van der Waals surface area (Å²) in [7, 11) is 0. The molecule has 7 aromatic rings. The molecule has 3 aromatic heterocycles. The minimum atomic E-state index is 0.109. The van der Waals surface area contributed by atoms with Gasteiger partial charge in [-0.15, -0.1) is 0 Å². The first-order valence-corrected chi connectivity index (χ1v) is 14.6. The van der Waals surface area contributed by atoms with E-state index in [4.69, 9.17) is 15.5 Å². The molecule has 4 aromatic carbocycles. The van der Waals surface area contributed by atoms with E-state index in [1.807, 2.05) is 30.3 Å². The number of nitrogen functional groups attached to an aromatic ring is 1. The molecule has 1 aliphatic rings. The van der Waals surface area contributed by atoms with Crippen LogP contribution in [0.1, 0.15) is 25.3 Å². The number of hydrogen-bond donors (Lipinski definition) is 1. The number of benzene rings is 4. The van der Waals surface area contributed by atoms with Crippen LogP contribution in [0.25, 0.3) is 66.2 Å². The van der Waals surface area contributed by atoms with Gasteiger partial charge in [-0.1, -0.05) is 74.0 Å². The van der Waals surface area contributed by atoms with Gasteiger partial charge in [-0.3, -0.25) is 0 Å². The van der Waals surface area contributed by atoms with Crippen LogP contribution in [0, 0.1) is 11.3 Å². The molecule has 0 fully saturated rings. The van der Waals surface area contributed by atoms with Crippen molar-refractivity contribution < 1.29 is 4.74 Å². The molecular formula is C37H27N5O. The van der Waals surface area contributed by atoms with E-state index in [0.717, 1.165) is 52.9 Å². The molecule has 0 bridgehead atoms. The van der Waals surface area contributed by atoms with Gasteiger partial charge in [0.15, 0.2) is 0 Å². The van der Waals surface area contributed by atoms with Crippen LogP contribution in [0.5, 0.6) is 11.6 Å². The second-order valence-corrected chi connectivity index (χ2v) is 11.0. The molecule has 43 heavy (non-hydrogen) atoms. The second-order valence-electron chi connectivity index (χ2n) is 11.0. The Labute approximate surface area is 248 Å². The minimum Gasteiger partial charge on any atom is -0.438 e. The Balaban J connectivity index is 1.30. The van der Waals surface area contributed by atoms with Crippen LogP contribution in [0.3, 0.4) is 0 Å². The molecule has 0 radical (unpaired) electrons. The zero-order valence-electron chi connectivity index (χ0n) is 23.6. The molecule has 0 unspecified atom stereocenters. The number of para-hydroxylation sites is 1. The van der Waals surface area contributed by atoms with E-state index < -0.39 is 0 Å². The van der Waals surface area contributed by atoms with Crippen LogP contribution in [0.15, 0.2) is 97.1 Å². The number of anilines is 1. The normalized spacial score (nSPS) is 11.9.